The Hall–Kier alpha value is -1.41. The minimum atomic E-state index is -5.42. The van der Waals surface area contributed by atoms with Gasteiger partial charge in [0.15, 0.2) is 34.1 Å². The number of halogens is 1. The molecule has 0 bridgehead atoms. The van der Waals surface area contributed by atoms with E-state index >= 15 is 0 Å². The van der Waals surface area contributed by atoms with Gasteiger partial charge in [-0.15, -0.1) is 24.8 Å². The first-order valence-corrected chi connectivity index (χ1v) is 21.8. The molecule has 1 aromatic heterocycles. The number of azo groups is 2. The van der Waals surface area contributed by atoms with Crippen molar-refractivity contribution in [3.8, 4) is 11.9 Å². The van der Waals surface area contributed by atoms with Crippen molar-refractivity contribution in [2.75, 3.05) is 28.7 Å². The maximum Gasteiger partial charge on any atom is 1.00 e. The second-order valence-corrected chi connectivity index (χ2v) is 17.6. The van der Waals surface area contributed by atoms with Crippen molar-refractivity contribution in [2.45, 2.75) is 19.6 Å². The fraction of sp³-hybridized carbons (Fsp3) is 0.0690. The molecular formula is C29H19ClN10Na4O16S5. The average Bonchev–Trinajstić information content (AvgIpc) is 3.18. The van der Waals surface area contributed by atoms with Gasteiger partial charge in [0.25, 0.3) is 0 Å². The second-order valence-electron chi connectivity index (χ2n) is 11.1. The fourth-order valence-electron chi connectivity index (χ4n) is 4.87. The van der Waals surface area contributed by atoms with Gasteiger partial charge in [0.1, 0.15) is 54.0 Å². The van der Waals surface area contributed by atoms with Crippen LogP contribution in [0.1, 0.15) is 0 Å². The Morgan fingerprint density at radius 1 is 0.800 bits per heavy atom. The van der Waals surface area contributed by atoms with Crippen molar-refractivity contribution in [1.29, 1.82) is 5.26 Å². The summed E-state index contributed by atoms with van der Waals surface area (Å²) in [6.45, 7) is -0.556. The largest absolute Gasteiger partial charge is 1.00 e. The number of phenolic OH excluding ortho intramolecular Hbond substituents is 1. The fourth-order valence-corrected chi connectivity index (χ4v) is 8.27. The minimum absolute atomic E-state index is 0. The van der Waals surface area contributed by atoms with Crippen LogP contribution in [0.15, 0.2) is 101 Å². The number of nitrogens with two attached hydrogens (primary N) is 1. The molecule has 5 aromatic rings. The van der Waals surface area contributed by atoms with E-state index in [1.807, 2.05) is 0 Å². The number of fused-ring (bicyclic) bond motifs is 1. The number of aromatic hydroxyl groups is 1. The third-order valence-electron chi connectivity index (χ3n) is 7.37. The van der Waals surface area contributed by atoms with E-state index in [4.69, 9.17) is 22.6 Å². The monoisotopic (exact) mass is 1050 g/mol. The van der Waals surface area contributed by atoms with Crippen molar-refractivity contribution in [3.05, 3.63) is 65.8 Å². The van der Waals surface area contributed by atoms with Crippen LogP contribution in [-0.4, -0.2) is 61.8 Å². The number of rotatable bonds is 19. The van der Waals surface area contributed by atoms with Gasteiger partial charge in [-0.3, -0.25) is 19.6 Å². The Morgan fingerprint density at radius 3 is 2.11 bits per heavy atom. The topological polar surface area (TPSA) is 410 Å². The van der Waals surface area contributed by atoms with Crippen molar-refractivity contribution in [2.24, 2.45) is 20.5 Å². The summed E-state index contributed by atoms with van der Waals surface area (Å²) in [5.41, 5.74) is 4.04. The molecule has 0 saturated carbocycles. The Labute approximate surface area is 469 Å². The first-order valence-electron chi connectivity index (χ1n) is 15.5. The Morgan fingerprint density at radius 2 is 1.46 bits per heavy atom. The maximum atomic E-state index is 12.8. The molecule has 26 nitrogen and oxygen atoms in total. The van der Waals surface area contributed by atoms with Crippen LogP contribution >= 0.6 is 36.0 Å². The van der Waals surface area contributed by atoms with E-state index < -0.39 is 79.9 Å². The number of benzene rings is 4. The van der Waals surface area contributed by atoms with Crippen LogP contribution in [0.5, 0.6) is 5.75 Å². The summed E-state index contributed by atoms with van der Waals surface area (Å²) in [6, 6.07) is 10.3. The molecule has 65 heavy (non-hydrogen) atoms. The standard InChI is InChI=1S/C29H23ClN10O16S5.4Na/c30-24-12-25(36-29(35-24)33-13-31)34-14-1-6-22(60(46,47)48)20(9-14)38-40-27-21(57-55-53-42)11-17-16(28(27)41)3-4-18(32)26(17)39-37-19-5-2-15(10-23(19)61(49,50)51)59(44,45)8-7-52-58-56-54-43;;;;/h1-6,9-12,41-43H,7-8,32H2,(H,46,47,48)(H,49,50,51)(H2,33,34,35,36);;;;/q;4*+1/p-4. The second kappa shape index (κ2) is 27.7. The molecule has 0 aliphatic rings. The molecule has 0 spiro atoms. The number of nitrogens with one attached hydrogen (secondary N) is 2. The predicted octanol–water partition coefficient (Wildman–Crippen LogP) is -8.33. The zero-order valence-corrected chi connectivity index (χ0v) is 46.2. The third-order valence-corrected chi connectivity index (χ3v) is 12.0. The number of phenols is 1. The van der Waals surface area contributed by atoms with Crippen LogP contribution in [0.2, 0.25) is 5.15 Å². The van der Waals surface area contributed by atoms with E-state index in [0.29, 0.717) is 6.07 Å². The SMILES string of the molecule is N#CNc1nc(Cl)cc(Nc2ccc(S(=O)(=O)[O-])c(N=Nc3c(SOO[O-])cc4c(N=Nc5ccc(S(=O)(=O)CCOSOO[O-])cc5S(=O)(=O)[O-])c(N)ccc4c3O)c2)n1.[Na+].[Na+].[Na+].[Na+]. The summed E-state index contributed by atoms with van der Waals surface area (Å²) in [5.74, 6) is -1.67. The molecule has 0 atom stereocenters. The van der Waals surface area contributed by atoms with Crippen molar-refractivity contribution < 1.29 is 191 Å². The summed E-state index contributed by atoms with van der Waals surface area (Å²) in [7, 11) is -14.9. The first-order chi connectivity index (χ1) is 28.9. The first kappa shape index (κ1) is 61.6. The van der Waals surface area contributed by atoms with Crippen LogP contribution in [0.4, 0.5) is 45.9 Å². The molecule has 0 fully saturated rings. The van der Waals surface area contributed by atoms with Gasteiger partial charge in [0, 0.05) is 22.5 Å². The summed E-state index contributed by atoms with van der Waals surface area (Å²) in [5, 5.41) is 67.6. The quantitative estimate of drug-likeness (QED) is 0.00510. The molecule has 0 amide bonds. The molecular weight excluding hydrogens is 1030 g/mol. The van der Waals surface area contributed by atoms with E-state index in [-0.39, 0.29) is 192 Å². The van der Waals surface area contributed by atoms with Crippen molar-refractivity contribution >= 4 is 123 Å². The van der Waals surface area contributed by atoms with Crippen LogP contribution in [0.25, 0.3) is 10.8 Å². The average molecular weight is 1050 g/mol. The van der Waals surface area contributed by atoms with E-state index in [0.717, 1.165) is 30.3 Å². The van der Waals surface area contributed by atoms with Crippen molar-refractivity contribution in [1.82, 2.24) is 9.97 Å². The number of anilines is 4. The molecule has 1 heterocycles. The molecule has 0 saturated heterocycles. The third kappa shape index (κ3) is 16.9. The van der Waals surface area contributed by atoms with Gasteiger partial charge in [-0.25, -0.2) is 30.2 Å². The van der Waals surface area contributed by atoms with Crippen LogP contribution in [0, 0.1) is 11.5 Å². The maximum absolute atomic E-state index is 12.8. The summed E-state index contributed by atoms with van der Waals surface area (Å²) >= 11 is 6.17. The molecule has 0 aliphatic carbocycles. The normalized spacial score (nSPS) is 11.6. The van der Waals surface area contributed by atoms with Gasteiger partial charge in [0.2, 0.25) is 5.95 Å². The molecule has 4 aromatic carbocycles. The van der Waals surface area contributed by atoms with Gasteiger partial charge in [-0.2, -0.15) is 14.6 Å². The number of nitrogens with zero attached hydrogens (tertiary/aromatic N) is 7. The van der Waals surface area contributed by atoms with Gasteiger partial charge < -0.3 is 35.8 Å². The van der Waals surface area contributed by atoms with Gasteiger partial charge in [-0.1, -0.05) is 11.6 Å². The smallest absolute Gasteiger partial charge is 0.744 e. The van der Waals surface area contributed by atoms with Crippen molar-refractivity contribution in [3.63, 3.8) is 0 Å². The zero-order chi connectivity index (χ0) is 44.5. The summed E-state index contributed by atoms with van der Waals surface area (Å²) in [6.07, 6.45) is 1.62. The van der Waals surface area contributed by atoms with Gasteiger partial charge in [0.05, 0.1) is 49.7 Å². The van der Waals surface area contributed by atoms with E-state index in [1.165, 1.54) is 24.3 Å². The predicted molar refractivity (Wildman–Crippen MR) is 203 cm³/mol. The number of nitriles is 1. The number of sulfone groups is 1. The Balaban J connectivity index is 0.00000528. The van der Waals surface area contributed by atoms with Crippen LogP contribution in [-0.2, 0) is 53.0 Å². The molecule has 5 rings (SSSR count). The molecule has 0 radical (unpaired) electrons. The number of aromatic nitrogens is 2. The minimum Gasteiger partial charge on any atom is -0.744 e. The Bertz CT molecular complexity index is 2950. The summed E-state index contributed by atoms with van der Waals surface area (Å²) in [4.78, 5) is 4.92. The van der Waals surface area contributed by atoms with Gasteiger partial charge >= 0.3 is 118 Å². The summed E-state index contributed by atoms with van der Waals surface area (Å²) < 4.78 is 112. The molecule has 0 unspecified atom stereocenters. The van der Waals surface area contributed by atoms with E-state index in [2.05, 4.69) is 64.0 Å². The number of hydrogen-bond acceptors (Lipinski definition) is 28. The van der Waals surface area contributed by atoms with E-state index in [1.54, 1.807) is 6.19 Å². The Kier molecular flexibility index (Phi) is 26.2. The molecule has 322 valence electrons. The molecule has 36 heteroatoms. The molecule has 5 N–H and O–H groups in total. The number of nitrogen functional groups attached to an aromatic ring is 1. The number of hydrogen-bond donors (Lipinski definition) is 4. The van der Waals surface area contributed by atoms with Crippen LogP contribution < -0.4 is 145 Å². The molecule has 0 aliphatic heterocycles. The van der Waals surface area contributed by atoms with E-state index in [9.17, 15) is 50.0 Å². The zero-order valence-electron chi connectivity index (χ0n) is 33.4. The van der Waals surface area contributed by atoms with Gasteiger partial charge in [-0.05, 0) is 54.6 Å². The van der Waals surface area contributed by atoms with Crippen LogP contribution in [0.3, 0.4) is 0 Å².